The first-order valence-corrected chi connectivity index (χ1v) is 10.0. The second-order valence-corrected chi connectivity index (χ2v) is 8.29. The molecule has 1 saturated heterocycles. The van der Waals surface area contributed by atoms with E-state index in [4.69, 9.17) is 27.9 Å². The number of hydrogen-bond acceptors (Lipinski definition) is 5. The summed E-state index contributed by atoms with van der Waals surface area (Å²) in [6.07, 6.45) is 2.55. The van der Waals surface area contributed by atoms with Crippen molar-refractivity contribution in [1.82, 2.24) is 15.8 Å². The minimum absolute atomic E-state index is 0.145. The molecular formula is C19H21Cl2N3O5. The van der Waals surface area contributed by atoms with Gasteiger partial charge in [0, 0.05) is 10.0 Å². The first-order chi connectivity index (χ1) is 13.7. The highest BCUT2D eigenvalue weighted by atomic mass is 35.5. The van der Waals surface area contributed by atoms with Gasteiger partial charge in [0.2, 0.25) is 0 Å². The molecule has 1 aliphatic carbocycles. The van der Waals surface area contributed by atoms with E-state index < -0.39 is 36.0 Å². The molecule has 10 heteroatoms. The van der Waals surface area contributed by atoms with Crippen LogP contribution in [0, 0.1) is 5.92 Å². The Balaban J connectivity index is 1.51. The van der Waals surface area contributed by atoms with Gasteiger partial charge < -0.3 is 10.1 Å². The summed E-state index contributed by atoms with van der Waals surface area (Å²) in [5, 5.41) is 4.11. The standard InChI is InChI=1S/C19H21Cl2N3O5/c1-11-4-6-19(7-5-11)17(27)24(18(28)22-19)23-15(25)10-29-16(26)8-12-2-3-13(20)9-14(12)21/h2-3,9,11H,4-8,10H2,1H3,(H,22,28)(H,23,25). The number of nitrogens with zero attached hydrogens (tertiary/aromatic N) is 1. The van der Waals surface area contributed by atoms with E-state index in [2.05, 4.69) is 17.7 Å². The van der Waals surface area contributed by atoms with E-state index in [1.54, 1.807) is 12.1 Å². The zero-order valence-electron chi connectivity index (χ0n) is 15.8. The van der Waals surface area contributed by atoms with Crippen molar-refractivity contribution >= 4 is 47.0 Å². The molecule has 3 rings (SSSR count). The molecule has 2 aliphatic rings. The van der Waals surface area contributed by atoms with Gasteiger partial charge in [-0.25, -0.2) is 4.79 Å². The Morgan fingerprint density at radius 1 is 1.28 bits per heavy atom. The summed E-state index contributed by atoms with van der Waals surface area (Å²) in [6, 6.07) is 3.99. The van der Waals surface area contributed by atoms with E-state index in [-0.39, 0.29) is 6.42 Å². The van der Waals surface area contributed by atoms with Crippen molar-refractivity contribution in [3.05, 3.63) is 33.8 Å². The lowest BCUT2D eigenvalue weighted by Crippen LogP contribution is -2.52. The van der Waals surface area contributed by atoms with Crippen LogP contribution in [0.1, 0.15) is 38.2 Å². The number of esters is 1. The second-order valence-electron chi connectivity index (χ2n) is 7.44. The van der Waals surface area contributed by atoms with Crippen molar-refractivity contribution in [2.24, 2.45) is 5.92 Å². The molecule has 0 atom stereocenters. The first-order valence-electron chi connectivity index (χ1n) is 9.26. The number of carbonyl (C=O) groups excluding carboxylic acids is 4. The molecule has 1 aromatic rings. The van der Waals surface area contributed by atoms with Gasteiger partial charge in [0.25, 0.3) is 11.8 Å². The van der Waals surface area contributed by atoms with Gasteiger partial charge in [-0.3, -0.25) is 19.8 Å². The van der Waals surface area contributed by atoms with Crippen LogP contribution in [-0.4, -0.2) is 41.0 Å². The number of hydrazine groups is 1. The molecule has 4 amide bonds. The lowest BCUT2D eigenvalue weighted by atomic mass is 9.77. The van der Waals surface area contributed by atoms with Gasteiger partial charge in [0.05, 0.1) is 6.42 Å². The van der Waals surface area contributed by atoms with E-state index >= 15 is 0 Å². The second kappa shape index (κ2) is 8.59. The highest BCUT2D eigenvalue weighted by molar-refractivity contribution is 6.35. The van der Waals surface area contributed by atoms with Gasteiger partial charge in [-0.15, -0.1) is 0 Å². The number of halogens is 2. The smallest absolute Gasteiger partial charge is 0.344 e. The number of imide groups is 1. The number of carbonyl (C=O) groups is 4. The predicted octanol–water partition coefficient (Wildman–Crippen LogP) is 2.61. The van der Waals surface area contributed by atoms with Crippen molar-refractivity contribution in [2.75, 3.05) is 6.61 Å². The molecule has 8 nitrogen and oxygen atoms in total. The number of nitrogens with one attached hydrogen (secondary N) is 2. The van der Waals surface area contributed by atoms with Crippen molar-refractivity contribution in [3.63, 3.8) is 0 Å². The van der Waals surface area contributed by atoms with Crippen LogP contribution in [0.3, 0.4) is 0 Å². The van der Waals surface area contributed by atoms with Crippen LogP contribution in [0.15, 0.2) is 18.2 Å². The van der Waals surface area contributed by atoms with E-state index in [1.807, 2.05) is 0 Å². The first kappa shape index (κ1) is 21.4. The van der Waals surface area contributed by atoms with Gasteiger partial charge in [0.15, 0.2) is 6.61 Å². The van der Waals surface area contributed by atoms with E-state index in [1.165, 1.54) is 6.07 Å². The number of ether oxygens (including phenoxy) is 1. The monoisotopic (exact) mass is 441 g/mol. The molecule has 2 fully saturated rings. The van der Waals surface area contributed by atoms with Crippen molar-refractivity contribution in [1.29, 1.82) is 0 Å². The Morgan fingerprint density at radius 2 is 1.97 bits per heavy atom. The lowest BCUT2D eigenvalue weighted by Gasteiger charge is -2.33. The quantitative estimate of drug-likeness (QED) is 0.539. The van der Waals surface area contributed by atoms with Crippen LogP contribution in [0.4, 0.5) is 4.79 Å². The number of rotatable bonds is 5. The molecule has 29 heavy (non-hydrogen) atoms. The maximum absolute atomic E-state index is 12.7. The summed E-state index contributed by atoms with van der Waals surface area (Å²) in [5.74, 6) is -1.46. The molecule has 1 heterocycles. The molecule has 0 unspecified atom stereocenters. The summed E-state index contributed by atoms with van der Waals surface area (Å²) < 4.78 is 4.91. The fraction of sp³-hybridized carbons (Fsp3) is 0.474. The summed E-state index contributed by atoms with van der Waals surface area (Å²) in [4.78, 5) is 48.9. The molecule has 156 valence electrons. The van der Waals surface area contributed by atoms with E-state index in [0.717, 1.165) is 12.8 Å². The zero-order chi connectivity index (χ0) is 21.2. The minimum atomic E-state index is -0.959. The fourth-order valence-electron chi connectivity index (χ4n) is 3.49. The summed E-state index contributed by atoms with van der Waals surface area (Å²) in [7, 11) is 0. The van der Waals surface area contributed by atoms with Gasteiger partial charge >= 0.3 is 12.0 Å². The topological polar surface area (TPSA) is 105 Å². The average molecular weight is 442 g/mol. The summed E-state index contributed by atoms with van der Waals surface area (Å²) in [6.45, 7) is 1.46. The largest absolute Gasteiger partial charge is 0.455 e. The predicted molar refractivity (Wildman–Crippen MR) is 105 cm³/mol. The maximum atomic E-state index is 12.7. The lowest BCUT2D eigenvalue weighted by molar-refractivity contribution is -0.150. The molecule has 1 saturated carbocycles. The Labute approximate surface area is 177 Å². The van der Waals surface area contributed by atoms with Crippen molar-refractivity contribution in [3.8, 4) is 0 Å². The van der Waals surface area contributed by atoms with Crippen molar-refractivity contribution < 1.29 is 23.9 Å². The Morgan fingerprint density at radius 3 is 2.62 bits per heavy atom. The Bertz CT molecular complexity index is 852. The molecule has 1 aromatic carbocycles. The average Bonchev–Trinajstić information content (AvgIpc) is 2.89. The maximum Gasteiger partial charge on any atom is 0.344 e. The van der Waals surface area contributed by atoms with Crippen molar-refractivity contribution in [2.45, 2.75) is 44.6 Å². The summed E-state index contributed by atoms with van der Waals surface area (Å²) in [5.41, 5.74) is 1.76. The summed E-state index contributed by atoms with van der Waals surface area (Å²) >= 11 is 11.8. The molecular weight excluding hydrogens is 421 g/mol. The molecule has 2 N–H and O–H groups in total. The van der Waals surface area contributed by atoms with Gasteiger partial charge in [-0.05, 0) is 49.3 Å². The van der Waals surface area contributed by atoms with E-state index in [9.17, 15) is 19.2 Å². The highest BCUT2D eigenvalue weighted by Crippen LogP contribution is 2.35. The van der Waals surface area contributed by atoms with Crippen LogP contribution in [0.2, 0.25) is 10.0 Å². The third-order valence-corrected chi connectivity index (χ3v) is 5.83. The van der Waals surface area contributed by atoms with Crippen LogP contribution in [0.5, 0.6) is 0 Å². The Kier molecular flexibility index (Phi) is 6.33. The van der Waals surface area contributed by atoms with Gasteiger partial charge in [-0.1, -0.05) is 36.2 Å². The molecule has 1 aliphatic heterocycles. The normalized spacial score (nSPS) is 23.8. The Hall–Kier alpha value is -2.32. The minimum Gasteiger partial charge on any atom is -0.455 e. The van der Waals surface area contributed by atoms with Crippen LogP contribution < -0.4 is 10.7 Å². The number of hydrogen-bond donors (Lipinski definition) is 2. The fourth-order valence-corrected chi connectivity index (χ4v) is 3.97. The molecule has 0 bridgehead atoms. The molecule has 1 spiro atoms. The van der Waals surface area contributed by atoms with E-state index in [0.29, 0.717) is 39.4 Å². The number of urea groups is 1. The third-order valence-electron chi connectivity index (χ3n) is 5.24. The zero-order valence-corrected chi connectivity index (χ0v) is 17.3. The van der Waals surface area contributed by atoms with Gasteiger partial charge in [-0.2, -0.15) is 5.01 Å². The molecule has 0 radical (unpaired) electrons. The third kappa shape index (κ3) is 4.82. The van der Waals surface area contributed by atoms with Crippen LogP contribution in [-0.2, 0) is 25.5 Å². The number of benzene rings is 1. The highest BCUT2D eigenvalue weighted by Gasteiger charge is 2.52. The van der Waals surface area contributed by atoms with Gasteiger partial charge in [0.1, 0.15) is 5.54 Å². The SMILES string of the molecule is CC1CCC2(CC1)NC(=O)N(NC(=O)COC(=O)Cc1ccc(Cl)cc1Cl)C2=O. The van der Waals surface area contributed by atoms with Crippen LogP contribution in [0.25, 0.3) is 0 Å². The molecule has 0 aromatic heterocycles. The number of amides is 4. The van der Waals surface area contributed by atoms with Crippen LogP contribution >= 0.6 is 23.2 Å².